The van der Waals surface area contributed by atoms with Crippen LogP contribution in [0.15, 0.2) is 64.8 Å². The molecule has 0 saturated carbocycles. The summed E-state index contributed by atoms with van der Waals surface area (Å²) in [6, 6.07) is 14.6. The summed E-state index contributed by atoms with van der Waals surface area (Å²) in [4.78, 5) is 32.8. The molecule has 2 aromatic carbocycles. The van der Waals surface area contributed by atoms with Gasteiger partial charge in [-0.3, -0.25) is 4.79 Å². The first-order valence-corrected chi connectivity index (χ1v) is 10.1. The maximum absolute atomic E-state index is 12.7. The van der Waals surface area contributed by atoms with E-state index < -0.39 is 18.7 Å². The summed E-state index contributed by atoms with van der Waals surface area (Å²) in [7, 11) is 0. The number of thiophene rings is 1. The number of carbonyl (C=O) groups excluding carboxylic acids is 1. The molecule has 0 radical (unpaired) electrons. The van der Waals surface area contributed by atoms with Gasteiger partial charge in [-0.2, -0.15) is 8.78 Å². The van der Waals surface area contributed by atoms with Crippen molar-refractivity contribution in [3.05, 3.63) is 81.7 Å². The molecule has 0 amide bonds. The number of aromatic amines is 1. The number of alkyl halides is 2. The first-order chi connectivity index (χ1) is 14.9. The van der Waals surface area contributed by atoms with E-state index in [9.17, 15) is 18.4 Å². The summed E-state index contributed by atoms with van der Waals surface area (Å²) in [5, 5.41) is 2.35. The highest BCUT2D eigenvalue weighted by Gasteiger charge is 2.19. The van der Waals surface area contributed by atoms with Gasteiger partial charge in [-0.05, 0) is 36.8 Å². The highest BCUT2D eigenvalue weighted by atomic mass is 32.1. The second-order valence-electron chi connectivity index (χ2n) is 6.60. The molecule has 0 fully saturated rings. The molecule has 0 aliphatic rings. The minimum Gasteiger partial charge on any atom is -0.451 e. The lowest BCUT2D eigenvalue weighted by Gasteiger charge is -2.13. The van der Waals surface area contributed by atoms with Crippen LogP contribution in [0.1, 0.15) is 29.2 Å². The number of nitrogens with zero attached hydrogens (tertiary/aromatic N) is 1. The fourth-order valence-corrected chi connectivity index (χ4v) is 4.00. The van der Waals surface area contributed by atoms with Gasteiger partial charge in [-0.1, -0.05) is 30.3 Å². The van der Waals surface area contributed by atoms with E-state index in [2.05, 4.69) is 14.7 Å². The van der Waals surface area contributed by atoms with E-state index in [1.54, 1.807) is 6.92 Å². The molecule has 1 N–H and O–H groups in total. The van der Waals surface area contributed by atoms with Crippen LogP contribution in [0.2, 0.25) is 0 Å². The summed E-state index contributed by atoms with van der Waals surface area (Å²) in [6.07, 6.45) is -0.830. The van der Waals surface area contributed by atoms with Crippen molar-refractivity contribution in [1.82, 2.24) is 9.97 Å². The number of esters is 1. The first-order valence-electron chi connectivity index (χ1n) is 9.25. The number of fused-ring (bicyclic) bond motifs is 1. The van der Waals surface area contributed by atoms with Crippen molar-refractivity contribution in [2.24, 2.45) is 0 Å². The van der Waals surface area contributed by atoms with E-state index in [-0.39, 0.29) is 22.7 Å². The van der Waals surface area contributed by atoms with E-state index in [0.29, 0.717) is 10.2 Å². The van der Waals surface area contributed by atoms with Crippen molar-refractivity contribution in [3.8, 4) is 16.9 Å². The Morgan fingerprint density at radius 3 is 2.48 bits per heavy atom. The van der Waals surface area contributed by atoms with Crippen LogP contribution in [-0.4, -0.2) is 22.5 Å². The average molecular weight is 442 g/mol. The zero-order valence-electron chi connectivity index (χ0n) is 16.2. The largest absolute Gasteiger partial charge is 0.451 e. The lowest BCUT2D eigenvalue weighted by molar-refractivity contribution is -0.0498. The second kappa shape index (κ2) is 8.65. The third kappa shape index (κ3) is 4.46. The van der Waals surface area contributed by atoms with Gasteiger partial charge in [-0.25, -0.2) is 9.78 Å². The number of hydrogen-bond acceptors (Lipinski definition) is 6. The molecule has 0 aliphatic carbocycles. The maximum Gasteiger partial charge on any atom is 0.387 e. The van der Waals surface area contributed by atoms with Crippen LogP contribution in [0, 0.1) is 0 Å². The first kappa shape index (κ1) is 20.7. The summed E-state index contributed by atoms with van der Waals surface area (Å²) >= 11 is 1.33. The van der Waals surface area contributed by atoms with E-state index >= 15 is 0 Å². The molecular formula is C22H16F2N2O4S. The van der Waals surface area contributed by atoms with E-state index in [1.807, 2.05) is 35.7 Å². The Kier molecular flexibility index (Phi) is 5.77. The van der Waals surface area contributed by atoms with E-state index in [1.165, 1.54) is 35.6 Å². The molecular weight excluding hydrogens is 426 g/mol. The maximum atomic E-state index is 12.7. The van der Waals surface area contributed by atoms with Gasteiger partial charge in [-0.15, -0.1) is 11.3 Å². The molecule has 6 nitrogen and oxygen atoms in total. The molecule has 4 aromatic rings. The highest BCUT2D eigenvalue weighted by Crippen LogP contribution is 2.31. The molecule has 9 heteroatoms. The van der Waals surface area contributed by atoms with Gasteiger partial charge < -0.3 is 14.5 Å². The van der Waals surface area contributed by atoms with Crippen molar-refractivity contribution < 1.29 is 23.0 Å². The number of aromatic nitrogens is 2. The number of ether oxygens (including phenoxy) is 2. The highest BCUT2D eigenvalue weighted by molar-refractivity contribution is 7.17. The minimum absolute atomic E-state index is 0.0667. The van der Waals surface area contributed by atoms with Gasteiger partial charge in [0.1, 0.15) is 10.6 Å². The standard InChI is InChI=1S/C22H16F2N2O4S/c1-12(29-21(28)14-7-9-15(10-8-14)30-22(23)24)18-25-19(27)17-16(11-31-20(17)26-18)13-5-3-2-4-6-13/h2-12,22H,1H3,(H,25,26,27). The third-order valence-electron chi connectivity index (χ3n) is 4.53. The molecule has 4 rings (SSSR count). The Morgan fingerprint density at radius 1 is 1.10 bits per heavy atom. The van der Waals surface area contributed by atoms with Crippen LogP contribution in [0.25, 0.3) is 21.3 Å². The van der Waals surface area contributed by atoms with Gasteiger partial charge in [0.05, 0.1) is 10.9 Å². The van der Waals surface area contributed by atoms with Gasteiger partial charge in [0.15, 0.2) is 11.9 Å². The normalized spacial score (nSPS) is 12.1. The van der Waals surface area contributed by atoms with Crippen LogP contribution in [0.5, 0.6) is 5.75 Å². The zero-order valence-corrected chi connectivity index (χ0v) is 17.0. The second-order valence-corrected chi connectivity index (χ2v) is 7.46. The lowest BCUT2D eigenvalue weighted by atomic mass is 10.1. The molecule has 2 aromatic heterocycles. The minimum atomic E-state index is -2.95. The third-order valence-corrected chi connectivity index (χ3v) is 5.40. The molecule has 1 unspecified atom stereocenters. The molecule has 0 saturated heterocycles. The summed E-state index contributed by atoms with van der Waals surface area (Å²) in [5.74, 6) is -0.539. The Bertz CT molecular complexity index is 1270. The van der Waals surface area contributed by atoms with Crippen molar-refractivity contribution in [1.29, 1.82) is 0 Å². The van der Waals surface area contributed by atoms with Crippen molar-refractivity contribution >= 4 is 27.5 Å². The van der Waals surface area contributed by atoms with E-state index in [0.717, 1.165) is 11.1 Å². The monoisotopic (exact) mass is 442 g/mol. The van der Waals surface area contributed by atoms with Crippen LogP contribution in [0.4, 0.5) is 8.78 Å². The van der Waals surface area contributed by atoms with E-state index in [4.69, 9.17) is 4.74 Å². The number of benzene rings is 2. The van der Waals surface area contributed by atoms with Crippen LogP contribution < -0.4 is 10.3 Å². The molecule has 0 aliphatic heterocycles. The Balaban J connectivity index is 1.55. The average Bonchev–Trinajstić information content (AvgIpc) is 3.19. The number of rotatable bonds is 6. The Hall–Kier alpha value is -3.59. The van der Waals surface area contributed by atoms with Crippen molar-refractivity contribution in [3.63, 3.8) is 0 Å². The number of carbonyl (C=O) groups is 1. The summed E-state index contributed by atoms with van der Waals surface area (Å²) in [6.45, 7) is -1.36. The van der Waals surface area contributed by atoms with Crippen LogP contribution in [0.3, 0.4) is 0 Å². The molecule has 0 spiro atoms. The zero-order chi connectivity index (χ0) is 22.0. The van der Waals surface area contributed by atoms with Gasteiger partial charge >= 0.3 is 12.6 Å². The van der Waals surface area contributed by atoms with Crippen molar-refractivity contribution in [2.45, 2.75) is 19.6 Å². The molecule has 31 heavy (non-hydrogen) atoms. The molecule has 158 valence electrons. The smallest absolute Gasteiger partial charge is 0.387 e. The van der Waals surface area contributed by atoms with Gasteiger partial charge in [0.25, 0.3) is 5.56 Å². The SMILES string of the molecule is CC(OC(=O)c1ccc(OC(F)F)cc1)c1nc2scc(-c3ccccc3)c2c(=O)[nH]1. The number of halogens is 2. The lowest BCUT2D eigenvalue weighted by Crippen LogP contribution is -2.17. The number of nitrogens with one attached hydrogen (secondary N) is 1. The predicted molar refractivity (Wildman–Crippen MR) is 113 cm³/mol. The number of H-pyrrole nitrogens is 1. The number of hydrogen-bond donors (Lipinski definition) is 1. The Morgan fingerprint density at radius 2 is 1.81 bits per heavy atom. The topological polar surface area (TPSA) is 81.3 Å². The predicted octanol–water partition coefficient (Wildman–Crippen LogP) is 5.17. The fraction of sp³-hybridized carbons (Fsp3) is 0.136. The van der Waals surface area contributed by atoms with Crippen molar-refractivity contribution in [2.75, 3.05) is 0 Å². The fourth-order valence-electron chi connectivity index (χ4n) is 3.05. The summed E-state index contributed by atoms with van der Waals surface area (Å²) in [5.41, 5.74) is 1.53. The van der Waals surface area contributed by atoms with Crippen LogP contribution in [-0.2, 0) is 4.74 Å². The van der Waals surface area contributed by atoms with Gasteiger partial charge in [0, 0.05) is 10.9 Å². The van der Waals surface area contributed by atoms with Crippen LogP contribution >= 0.6 is 11.3 Å². The molecule has 0 bridgehead atoms. The molecule has 1 atom stereocenters. The Labute approximate surface area is 179 Å². The molecule has 2 heterocycles. The quantitative estimate of drug-likeness (QED) is 0.417. The summed E-state index contributed by atoms with van der Waals surface area (Å²) < 4.78 is 34.1. The van der Waals surface area contributed by atoms with Gasteiger partial charge in [0.2, 0.25) is 0 Å².